The molecule has 1 N–H and O–H groups in total. The van der Waals surface area contributed by atoms with Crippen molar-refractivity contribution in [2.45, 2.75) is 257 Å². The average Bonchev–Trinajstić information content (AvgIpc) is 3.40. The summed E-state index contributed by atoms with van der Waals surface area (Å²) in [5.74, 6) is -2.03. The van der Waals surface area contributed by atoms with Gasteiger partial charge in [0.15, 0.2) is 6.10 Å². The molecule has 0 aliphatic carbocycles. The summed E-state index contributed by atoms with van der Waals surface area (Å²) in [6.07, 6.45) is 77.5. The second-order valence-electron chi connectivity index (χ2n) is 21.6. The zero-order valence-electron chi connectivity index (χ0n) is 50.1. The fourth-order valence-electron chi connectivity index (χ4n) is 8.33. The summed E-state index contributed by atoms with van der Waals surface area (Å²) >= 11 is 0. The Morgan fingerprint density at radius 3 is 1.04 bits per heavy atom. The van der Waals surface area contributed by atoms with E-state index in [1.165, 1.54) is 109 Å². The first kappa shape index (κ1) is 73.0. The third-order valence-corrected chi connectivity index (χ3v) is 13.0. The van der Waals surface area contributed by atoms with Crippen LogP contribution in [-0.2, 0) is 33.3 Å². The number of carbonyl (C=O) groups is 3. The Morgan fingerprint density at radius 1 is 0.390 bits per heavy atom. The topological polar surface area (TPSA) is 108 Å². The van der Waals surface area contributed by atoms with Crippen LogP contribution in [0.15, 0.2) is 109 Å². The lowest BCUT2D eigenvalue weighted by Gasteiger charge is -2.25. The molecule has 0 radical (unpaired) electrons. The number of rotatable bonds is 56. The van der Waals surface area contributed by atoms with Gasteiger partial charge in [0.2, 0.25) is 0 Å². The molecule has 2 unspecified atom stereocenters. The number of quaternary nitrogens is 1. The van der Waals surface area contributed by atoms with E-state index in [0.29, 0.717) is 17.4 Å². The molecular weight excluding hydrogens is 959 g/mol. The summed E-state index contributed by atoms with van der Waals surface area (Å²) in [6.45, 7) is 4.64. The van der Waals surface area contributed by atoms with Gasteiger partial charge in [-0.2, -0.15) is 0 Å². The normalized spacial score (nSPS) is 13.5. The zero-order valence-corrected chi connectivity index (χ0v) is 50.1. The molecule has 0 spiro atoms. The number of carbonyl (C=O) groups excluding carboxylic acids is 2. The lowest BCUT2D eigenvalue weighted by Crippen LogP contribution is -2.40. The molecule has 2 atom stereocenters. The van der Waals surface area contributed by atoms with Gasteiger partial charge in [0.25, 0.3) is 6.29 Å². The van der Waals surface area contributed by atoms with Crippen LogP contribution in [0.1, 0.15) is 245 Å². The number of carboxylic acids is 1. The maximum Gasteiger partial charge on any atom is 0.361 e. The van der Waals surface area contributed by atoms with Crippen molar-refractivity contribution < 1.29 is 42.9 Å². The van der Waals surface area contributed by atoms with E-state index in [1.807, 2.05) is 21.1 Å². The molecule has 0 aromatic heterocycles. The van der Waals surface area contributed by atoms with E-state index in [1.54, 1.807) is 0 Å². The Kier molecular flexibility index (Phi) is 55.1. The first-order chi connectivity index (χ1) is 37.6. The van der Waals surface area contributed by atoms with Crippen molar-refractivity contribution in [1.29, 1.82) is 0 Å². The lowest BCUT2D eigenvalue weighted by molar-refractivity contribution is -0.870. The number of nitrogens with zero attached hydrogens (tertiary/aromatic N) is 1. The van der Waals surface area contributed by atoms with Crippen molar-refractivity contribution in [1.82, 2.24) is 0 Å². The minimum atomic E-state index is -1.52. The van der Waals surface area contributed by atoms with Crippen LogP contribution in [0.2, 0.25) is 0 Å². The molecule has 0 aliphatic heterocycles. The molecular formula is C68H116NO8+. The first-order valence-corrected chi connectivity index (χ1v) is 31.1. The Bertz CT molecular complexity index is 1630. The number of carboxylic acid groups (broad SMARTS) is 1. The second-order valence-corrected chi connectivity index (χ2v) is 21.6. The molecule has 0 bridgehead atoms. The van der Waals surface area contributed by atoms with Gasteiger partial charge in [0.1, 0.15) is 13.2 Å². The fourth-order valence-corrected chi connectivity index (χ4v) is 8.33. The number of aliphatic carboxylic acids is 1. The maximum absolute atomic E-state index is 12.9. The van der Waals surface area contributed by atoms with Gasteiger partial charge in [-0.1, -0.05) is 245 Å². The summed E-state index contributed by atoms with van der Waals surface area (Å²) in [6, 6.07) is 0. The van der Waals surface area contributed by atoms with Gasteiger partial charge in [-0.25, -0.2) is 4.79 Å². The van der Waals surface area contributed by atoms with Gasteiger partial charge in [0.05, 0.1) is 34.4 Å². The average molecular weight is 1080 g/mol. The van der Waals surface area contributed by atoms with Crippen LogP contribution in [0.25, 0.3) is 0 Å². The Morgan fingerprint density at radius 2 is 0.701 bits per heavy atom. The van der Waals surface area contributed by atoms with Crippen LogP contribution in [0, 0.1) is 0 Å². The predicted molar refractivity (Wildman–Crippen MR) is 327 cm³/mol. The number of likely N-dealkylation sites (N-methyl/N-ethyl adjacent to an activating group) is 1. The van der Waals surface area contributed by atoms with Crippen molar-refractivity contribution >= 4 is 17.9 Å². The summed E-state index contributed by atoms with van der Waals surface area (Å²) in [4.78, 5) is 37.5. The van der Waals surface area contributed by atoms with Gasteiger partial charge < -0.3 is 28.5 Å². The third kappa shape index (κ3) is 59.5. The lowest BCUT2D eigenvalue weighted by atomic mass is 10.0. The van der Waals surface area contributed by atoms with Gasteiger partial charge in [-0.15, -0.1) is 0 Å². The monoisotopic (exact) mass is 1070 g/mol. The molecule has 0 aromatic carbocycles. The number of allylic oxidation sites excluding steroid dienone is 18. The number of esters is 2. The van der Waals surface area contributed by atoms with Crippen LogP contribution >= 0.6 is 0 Å². The molecule has 0 fully saturated rings. The molecule has 0 aromatic rings. The smallest absolute Gasteiger partial charge is 0.361 e. The molecule has 440 valence electrons. The van der Waals surface area contributed by atoms with Crippen molar-refractivity contribution in [3.05, 3.63) is 109 Å². The van der Waals surface area contributed by atoms with E-state index in [2.05, 4.69) is 123 Å². The maximum atomic E-state index is 12.9. The van der Waals surface area contributed by atoms with E-state index < -0.39 is 24.3 Å². The Hall–Kier alpha value is -4.05. The minimum Gasteiger partial charge on any atom is -0.477 e. The van der Waals surface area contributed by atoms with E-state index >= 15 is 0 Å². The highest BCUT2D eigenvalue weighted by atomic mass is 16.7. The van der Waals surface area contributed by atoms with E-state index in [-0.39, 0.29) is 38.6 Å². The van der Waals surface area contributed by atoms with Crippen LogP contribution in [0.5, 0.6) is 0 Å². The highest BCUT2D eigenvalue weighted by Gasteiger charge is 2.25. The Balaban J connectivity index is 4.16. The summed E-state index contributed by atoms with van der Waals surface area (Å²) in [5, 5.41) is 9.72. The van der Waals surface area contributed by atoms with Crippen molar-refractivity contribution in [3.8, 4) is 0 Å². The van der Waals surface area contributed by atoms with Gasteiger partial charge in [-0.3, -0.25) is 9.59 Å². The van der Waals surface area contributed by atoms with E-state index in [0.717, 1.165) is 103 Å². The zero-order chi connectivity index (χ0) is 56.2. The number of hydrogen-bond acceptors (Lipinski definition) is 7. The largest absolute Gasteiger partial charge is 0.477 e. The number of hydrogen-bond donors (Lipinski definition) is 1. The molecule has 0 aliphatic rings. The molecule has 0 rings (SSSR count). The molecule has 9 heteroatoms. The van der Waals surface area contributed by atoms with Crippen LogP contribution in [-0.4, -0.2) is 87.4 Å². The van der Waals surface area contributed by atoms with Gasteiger partial charge in [0, 0.05) is 12.8 Å². The standard InChI is InChI=1S/C68H115NO8/c1-6-8-10-12-14-16-18-20-22-24-26-27-28-29-30-31-32-33-34-35-36-37-38-39-41-43-45-47-49-51-53-55-57-59-66(71)77-64(63-76-68(67(72)73)74-61-60-69(3,4)5)62-75-65(70)58-56-54-52-50-48-46-44-42-40-25-23-21-19-17-15-13-11-9-7-2/h8-11,14-17,20-23,26-27,29-30,40,42,64,68H,6-7,12-13,18-19,24-25,28,31-39,41,43-63H2,1-5H3/p+1/b10-8-,11-9-,16-14-,17-15-,22-20-,23-21-,27-26-,30-29-,42-40-. The molecule has 0 saturated carbocycles. The van der Waals surface area contributed by atoms with Crippen LogP contribution < -0.4 is 0 Å². The second kappa shape index (κ2) is 58.1. The highest BCUT2D eigenvalue weighted by molar-refractivity contribution is 5.71. The molecule has 0 saturated heterocycles. The third-order valence-electron chi connectivity index (χ3n) is 13.0. The fraction of sp³-hybridized carbons (Fsp3) is 0.691. The molecule has 0 heterocycles. The molecule has 9 nitrogen and oxygen atoms in total. The van der Waals surface area contributed by atoms with Crippen molar-refractivity contribution in [2.75, 3.05) is 47.5 Å². The van der Waals surface area contributed by atoms with E-state index in [9.17, 15) is 19.5 Å². The highest BCUT2D eigenvalue weighted by Crippen LogP contribution is 2.16. The summed E-state index contributed by atoms with van der Waals surface area (Å²) in [5.41, 5.74) is 0. The number of ether oxygens (including phenoxy) is 4. The summed E-state index contributed by atoms with van der Waals surface area (Å²) in [7, 11) is 5.96. The number of unbranched alkanes of at least 4 members (excludes halogenated alkanes) is 23. The quantitative estimate of drug-likeness (QED) is 0.0211. The van der Waals surface area contributed by atoms with Crippen molar-refractivity contribution in [2.24, 2.45) is 0 Å². The SMILES string of the molecule is CC/C=C\C/C=C\C/C=C\C/C=C\C/C=C\CCCCCCCCCCCCCCCCCCCC(=O)OC(COC(=O)CCCCCCCC/C=C\C/C=C\C/C=C\C/C=C\CC)COC(OCC[N+](C)(C)C)C(=O)O. The molecule has 0 amide bonds. The first-order valence-electron chi connectivity index (χ1n) is 31.1. The van der Waals surface area contributed by atoms with Gasteiger partial charge in [-0.05, 0) is 96.3 Å². The summed E-state index contributed by atoms with van der Waals surface area (Å²) < 4.78 is 22.9. The Labute approximate surface area is 473 Å². The predicted octanol–water partition coefficient (Wildman–Crippen LogP) is 18.7. The van der Waals surface area contributed by atoms with Crippen LogP contribution in [0.3, 0.4) is 0 Å². The van der Waals surface area contributed by atoms with Gasteiger partial charge >= 0.3 is 17.9 Å². The van der Waals surface area contributed by atoms with Crippen LogP contribution in [0.4, 0.5) is 0 Å². The van der Waals surface area contributed by atoms with E-state index in [4.69, 9.17) is 18.9 Å². The van der Waals surface area contributed by atoms with Crippen molar-refractivity contribution in [3.63, 3.8) is 0 Å². The minimum absolute atomic E-state index is 0.181. The molecule has 77 heavy (non-hydrogen) atoms.